The van der Waals surface area contributed by atoms with Crippen LogP contribution in [-0.2, 0) is 20.8 Å². The molecule has 1 aliphatic rings. The molecule has 0 spiro atoms. The van der Waals surface area contributed by atoms with Crippen molar-refractivity contribution in [3.8, 4) is 11.1 Å². The van der Waals surface area contributed by atoms with Gasteiger partial charge in [0.2, 0.25) is 0 Å². The van der Waals surface area contributed by atoms with Crippen molar-refractivity contribution < 1.29 is 33.4 Å². The number of ether oxygens (including phenoxy) is 2. The lowest BCUT2D eigenvalue weighted by molar-refractivity contribution is -0.148. The number of rotatable bonds is 9. The summed E-state index contributed by atoms with van der Waals surface area (Å²) in [5.41, 5.74) is 4.38. The molecule has 176 valence electrons. The number of fused-ring (bicyclic) bond motifs is 3. The van der Waals surface area contributed by atoms with Crippen LogP contribution in [0.4, 0.5) is 4.79 Å². The molecule has 0 radical (unpaired) electrons. The van der Waals surface area contributed by atoms with Crippen LogP contribution in [0.3, 0.4) is 0 Å². The second-order valence-electron chi connectivity index (χ2n) is 7.58. The lowest BCUT2D eigenvalue weighted by atomic mass is 9.98. The van der Waals surface area contributed by atoms with E-state index in [0.29, 0.717) is 0 Å². The third-order valence-corrected chi connectivity index (χ3v) is 5.60. The molecule has 0 saturated carbocycles. The number of aromatic nitrogens is 1. The van der Waals surface area contributed by atoms with E-state index in [1.165, 1.54) is 7.11 Å². The summed E-state index contributed by atoms with van der Waals surface area (Å²) >= 11 is 0. The van der Waals surface area contributed by atoms with Crippen molar-refractivity contribution in [3.63, 3.8) is 0 Å². The van der Waals surface area contributed by atoms with Crippen molar-refractivity contribution in [1.29, 1.82) is 0 Å². The maximum absolute atomic E-state index is 12.4. The average Bonchev–Trinajstić information content (AvgIpc) is 3.44. The van der Waals surface area contributed by atoms with Crippen LogP contribution in [-0.4, -0.2) is 54.4 Å². The van der Waals surface area contributed by atoms with Gasteiger partial charge in [0.05, 0.1) is 13.1 Å². The van der Waals surface area contributed by atoms with Crippen molar-refractivity contribution in [2.45, 2.75) is 18.6 Å². The first kappa shape index (κ1) is 23.0. The van der Waals surface area contributed by atoms with Gasteiger partial charge in [0.25, 0.3) is 5.91 Å². The summed E-state index contributed by atoms with van der Waals surface area (Å²) in [4.78, 5) is 39.5. The van der Waals surface area contributed by atoms with Crippen molar-refractivity contribution >= 4 is 18.0 Å². The van der Waals surface area contributed by atoms with Gasteiger partial charge in [0.15, 0.2) is 24.0 Å². The Kier molecular flexibility index (Phi) is 6.88. The normalized spacial score (nSPS) is 13.0. The number of amides is 2. The molecule has 2 aromatic carbocycles. The van der Waals surface area contributed by atoms with Gasteiger partial charge in [0.1, 0.15) is 6.61 Å². The van der Waals surface area contributed by atoms with Gasteiger partial charge >= 0.3 is 12.1 Å². The van der Waals surface area contributed by atoms with Crippen LogP contribution in [0.5, 0.6) is 0 Å². The molecule has 2 amide bonds. The van der Waals surface area contributed by atoms with E-state index in [1.54, 1.807) is 0 Å². The Bertz CT molecular complexity index is 1160. The molecule has 1 aliphatic carbocycles. The molecule has 1 heterocycles. The SMILES string of the molecule is COC(CNC(=O)c1ncoc1CNC(=O)OCC1c2ccccc2-c2ccccc21)C(=O)O. The molecule has 1 atom stereocenters. The maximum Gasteiger partial charge on any atom is 0.407 e. The smallest absolute Gasteiger partial charge is 0.407 e. The number of carbonyl (C=O) groups excluding carboxylic acids is 2. The van der Waals surface area contributed by atoms with Gasteiger partial charge in [-0.05, 0) is 22.3 Å². The zero-order valence-corrected chi connectivity index (χ0v) is 18.3. The molecule has 10 heteroatoms. The highest BCUT2D eigenvalue weighted by atomic mass is 16.5. The molecular formula is C24H23N3O7. The van der Waals surface area contributed by atoms with E-state index in [2.05, 4.69) is 27.8 Å². The van der Waals surface area contributed by atoms with Crippen molar-refractivity contribution in [1.82, 2.24) is 15.6 Å². The Balaban J connectivity index is 1.32. The predicted molar refractivity (Wildman–Crippen MR) is 119 cm³/mol. The lowest BCUT2D eigenvalue weighted by Gasteiger charge is -2.14. The molecule has 4 rings (SSSR count). The first-order valence-electron chi connectivity index (χ1n) is 10.5. The van der Waals surface area contributed by atoms with E-state index in [0.717, 1.165) is 28.6 Å². The fraction of sp³-hybridized carbons (Fsp3) is 0.250. The minimum Gasteiger partial charge on any atom is -0.479 e. The Hall–Kier alpha value is -4.18. The topological polar surface area (TPSA) is 140 Å². The summed E-state index contributed by atoms with van der Waals surface area (Å²) in [6.07, 6.45) is -0.803. The number of benzene rings is 2. The van der Waals surface area contributed by atoms with Crippen LogP contribution in [0, 0.1) is 0 Å². The summed E-state index contributed by atoms with van der Waals surface area (Å²) in [6.45, 7) is -0.236. The van der Waals surface area contributed by atoms with Crippen LogP contribution in [0.1, 0.15) is 33.3 Å². The Morgan fingerprint density at radius 2 is 1.71 bits per heavy atom. The number of hydrogen-bond acceptors (Lipinski definition) is 7. The van der Waals surface area contributed by atoms with E-state index >= 15 is 0 Å². The van der Waals surface area contributed by atoms with E-state index in [4.69, 9.17) is 19.0 Å². The number of nitrogens with zero attached hydrogens (tertiary/aromatic N) is 1. The molecule has 0 fully saturated rings. The summed E-state index contributed by atoms with van der Waals surface area (Å²) < 4.78 is 15.4. The maximum atomic E-state index is 12.4. The van der Waals surface area contributed by atoms with Gasteiger partial charge in [-0.15, -0.1) is 0 Å². The van der Waals surface area contributed by atoms with Crippen molar-refractivity contribution in [3.05, 3.63) is 77.5 Å². The third-order valence-electron chi connectivity index (χ3n) is 5.60. The zero-order valence-electron chi connectivity index (χ0n) is 18.3. The van der Waals surface area contributed by atoms with Crippen molar-refractivity contribution in [2.75, 3.05) is 20.3 Å². The number of methoxy groups -OCH3 is 1. The minimum atomic E-state index is -1.21. The summed E-state index contributed by atoms with van der Waals surface area (Å²) in [7, 11) is 1.23. The van der Waals surface area contributed by atoms with E-state index in [1.807, 2.05) is 36.4 Å². The summed E-state index contributed by atoms with van der Waals surface area (Å²) in [6, 6.07) is 16.0. The van der Waals surface area contributed by atoms with Crippen LogP contribution < -0.4 is 10.6 Å². The van der Waals surface area contributed by atoms with Gasteiger partial charge in [-0.1, -0.05) is 48.5 Å². The van der Waals surface area contributed by atoms with Crippen LogP contribution in [0.2, 0.25) is 0 Å². The quantitative estimate of drug-likeness (QED) is 0.438. The molecule has 1 unspecified atom stereocenters. The number of alkyl carbamates (subject to hydrolysis) is 1. The highest BCUT2D eigenvalue weighted by Gasteiger charge is 2.29. The highest BCUT2D eigenvalue weighted by Crippen LogP contribution is 2.44. The van der Waals surface area contributed by atoms with Gasteiger partial charge in [0, 0.05) is 13.0 Å². The van der Waals surface area contributed by atoms with Crippen LogP contribution in [0.15, 0.2) is 59.3 Å². The molecule has 3 N–H and O–H groups in total. The first-order valence-corrected chi connectivity index (χ1v) is 10.5. The number of hydrogen-bond donors (Lipinski definition) is 3. The molecule has 1 aromatic heterocycles. The van der Waals surface area contributed by atoms with Gasteiger partial charge in [-0.25, -0.2) is 14.6 Å². The number of carboxylic acid groups (broad SMARTS) is 1. The number of nitrogens with one attached hydrogen (secondary N) is 2. The second kappa shape index (κ2) is 10.2. The molecule has 10 nitrogen and oxygen atoms in total. The monoisotopic (exact) mass is 465 g/mol. The second-order valence-corrected chi connectivity index (χ2v) is 7.58. The minimum absolute atomic E-state index is 0.0702. The highest BCUT2D eigenvalue weighted by molar-refractivity contribution is 5.93. The molecule has 34 heavy (non-hydrogen) atoms. The van der Waals surface area contributed by atoms with Crippen molar-refractivity contribution in [2.24, 2.45) is 0 Å². The summed E-state index contributed by atoms with van der Waals surface area (Å²) in [5, 5.41) is 14.0. The molecule has 3 aromatic rings. The number of aliphatic carboxylic acids is 1. The predicted octanol–water partition coefficient (Wildman–Crippen LogP) is 2.54. The first-order chi connectivity index (χ1) is 16.5. The van der Waals surface area contributed by atoms with E-state index in [-0.39, 0.29) is 37.1 Å². The summed E-state index contributed by atoms with van der Waals surface area (Å²) in [5.74, 6) is -1.83. The van der Waals surface area contributed by atoms with Crippen LogP contribution in [0.25, 0.3) is 11.1 Å². The fourth-order valence-electron chi connectivity index (χ4n) is 3.92. The lowest BCUT2D eigenvalue weighted by Crippen LogP contribution is -2.38. The van der Waals surface area contributed by atoms with Gasteiger partial charge in [-0.2, -0.15) is 0 Å². The third kappa shape index (κ3) is 4.76. The molecular weight excluding hydrogens is 442 g/mol. The van der Waals surface area contributed by atoms with Gasteiger partial charge in [-0.3, -0.25) is 4.79 Å². The van der Waals surface area contributed by atoms with Crippen LogP contribution >= 0.6 is 0 Å². The Morgan fingerprint density at radius 3 is 2.32 bits per heavy atom. The average molecular weight is 465 g/mol. The largest absolute Gasteiger partial charge is 0.479 e. The fourth-order valence-corrected chi connectivity index (χ4v) is 3.92. The molecule has 0 aliphatic heterocycles. The standard InChI is InChI=1S/C24H23N3O7/c1-32-20(23(29)30)11-25-22(28)21-19(34-13-27-21)10-26-24(31)33-12-18-16-8-4-2-6-14(16)15-7-3-5-9-17(15)18/h2-9,13,18,20H,10-12H2,1H3,(H,25,28)(H,26,31)(H,29,30). The molecule has 0 saturated heterocycles. The van der Waals surface area contributed by atoms with E-state index < -0.39 is 24.1 Å². The number of carboxylic acids is 1. The Morgan fingerprint density at radius 1 is 1.06 bits per heavy atom. The van der Waals surface area contributed by atoms with Gasteiger partial charge < -0.3 is 29.6 Å². The number of oxazole rings is 1. The zero-order chi connectivity index (χ0) is 24.1. The van der Waals surface area contributed by atoms with E-state index in [9.17, 15) is 14.4 Å². The Labute approximate surface area is 194 Å². The number of carbonyl (C=O) groups is 3. The molecule has 0 bridgehead atoms.